The van der Waals surface area contributed by atoms with Crippen LogP contribution < -0.4 is 0 Å². The molecule has 0 aromatic carbocycles. The van der Waals surface area contributed by atoms with Gasteiger partial charge in [0.15, 0.2) is 6.10 Å². The van der Waals surface area contributed by atoms with E-state index in [0.29, 0.717) is 19.3 Å². The van der Waals surface area contributed by atoms with E-state index in [9.17, 15) is 14.4 Å². The van der Waals surface area contributed by atoms with Crippen molar-refractivity contribution in [1.82, 2.24) is 0 Å². The first-order valence-corrected chi connectivity index (χ1v) is 36.8. The number of carbonyl (C=O) groups excluding carboxylic acids is 3. The monoisotopic (exact) mass is 1140 g/mol. The highest BCUT2D eigenvalue weighted by Crippen LogP contribution is 2.19. The van der Waals surface area contributed by atoms with E-state index >= 15 is 0 Å². The maximum Gasteiger partial charge on any atom is 0.306 e. The summed E-state index contributed by atoms with van der Waals surface area (Å²) in [6.07, 6.45) is 86.6. The van der Waals surface area contributed by atoms with Crippen LogP contribution in [0.5, 0.6) is 0 Å². The third kappa shape index (κ3) is 68.6. The Balaban J connectivity index is 4.11. The summed E-state index contributed by atoms with van der Waals surface area (Å²) in [6, 6.07) is 0. The molecule has 0 spiro atoms. The van der Waals surface area contributed by atoms with E-state index in [0.717, 1.165) is 64.2 Å². The summed E-state index contributed by atoms with van der Waals surface area (Å²) in [4.78, 5) is 38.4. The van der Waals surface area contributed by atoms with Crippen molar-refractivity contribution >= 4 is 17.9 Å². The molecule has 0 radical (unpaired) electrons. The molecule has 0 saturated heterocycles. The molecule has 81 heavy (non-hydrogen) atoms. The molecule has 6 heteroatoms. The summed E-state index contributed by atoms with van der Waals surface area (Å²) in [5.74, 6) is -0.854. The lowest BCUT2D eigenvalue weighted by Crippen LogP contribution is -2.30. The molecule has 0 bridgehead atoms. The standard InChI is InChI=1S/C75H142O6/c1-4-7-10-13-16-19-22-25-27-29-31-32-33-34-35-36-37-38-39-40-41-42-43-44-46-47-50-53-56-59-62-65-68-74(77)80-71-72(70-79-73(76)67-64-61-58-55-52-49-24-21-18-15-12-9-6-3)81-75(78)69-66-63-60-57-54-51-48-45-30-28-26-23-20-17-14-11-8-5-2/h21,24,28,30,72H,4-20,22-23,25-27,29,31-71H2,1-3H3/b24-21-,30-28-. The predicted octanol–water partition coefficient (Wildman–Crippen LogP) is 25.3. The molecular formula is C75H142O6. The van der Waals surface area contributed by atoms with Crippen LogP contribution in [0.2, 0.25) is 0 Å². The van der Waals surface area contributed by atoms with E-state index in [1.54, 1.807) is 0 Å². The number of hydrogen-bond donors (Lipinski definition) is 0. The van der Waals surface area contributed by atoms with Crippen LogP contribution in [0.3, 0.4) is 0 Å². The first kappa shape index (κ1) is 78.9. The average Bonchev–Trinajstić information content (AvgIpc) is 3.46. The summed E-state index contributed by atoms with van der Waals surface area (Å²) in [5, 5.41) is 0. The molecule has 1 unspecified atom stereocenters. The van der Waals surface area contributed by atoms with Crippen LogP contribution in [0.25, 0.3) is 0 Å². The number of hydrogen-bond acceptors (Lipinski definition) is 6. The number of carbonyl (C=O) groups is 3. The molecule has 1 atom stereocenters. The van der Waals surface area contributed by atoms with Gasteiger partial charge in [-0.05, 0) is 70.6 Å². The van der Waals surface area contributed by atoms with E-state index < -0.39 is 6.10 Å². The fourth-order valence-corrected chi connectivity index (χ4v) is 11.4. The average molecular weight is 1140 g/mol. The second-order valence-electron chi connectivity index (χ2n) is 25.2. The molecule has 6 nitrogen and oxygen atoms in total. The van der Waals surface area contributed by atoms with Crippen LogP contribution in [0.1, 0.15) is 419 Å². The Labute approximate surface area is 506 Å². The molecule has 0 saturated carbocycles. The Hall–Kier alpha value is -2.11. The van der Waals surface area contributed by atoms with Gasteiger partial charge < -0.3 is 14.2 Å². The number of rotatable bonds is 69. The molecule has 0 aromatic heterocycles. The number of esters is 3. The van der Waals surface area contributed by atoms with E-state index in [2.05, 4.69) is 45.1 Å². The van der Waals surface area contributed by atoms with Crippen LogP contribution in [0, 0.1) is 0 Å². The van der Waals surface area contributed by atoms with Crippen LogP contribution in [-0.2, 0) is 28.6 Å². The van der Waals surface area contributed by atoms with Gasteiger partial charge in [0.25, 0.3) is 0 Å². The van der Waals surface area contributed by atoms with Gasteiger partial charge in [-0.25, -0.2) is 0 Å². The van der Waals surface area contributed by atoms with Gasteiger partial charge in [0.1, 0.15) is 13.2 Å². The van der Waals surface area contributed by atoms with Crippen LogP contribution in [-0.4, -0.2) is 37.2 Å². The fraction of sp³-hybridized carbons (Fsp3) is 0.907. The fourth-order valence-electron chi connectivity index (χ4n) is 11.4. The molecule has 478 valence electrons. The Bertz CT molecular complexity index is 1310. The number of ether oxygens (including phenoxy) is 3. The maximum atomic E-state index is 12.9. The van der Waals surface area contributed by atoms with Crippen molar-refractivity contribution in [2.24, 2.45) is 0 Å². The van der Waals surface area contributed by atoms with Gasteiger partial charge in [-0.2, -0.15) is 0 Å². The summed E-state index contributed by atoms with van der Waals surface area (Å²) in [5.41, 5.74) is 0. The minimum atomic E-state index is -0.775. The van der Waals surface area contributed by atoms with Gasteiger partial charge in [-0.15, -0.1) is 0 Å². The van der Waals surface area contributed by atoms with E-state index in [4.69, 9.17) is 14.2 Å². The molecule has 0 fully saturated rings. The lowest BCUT2D eigenvalue weighted by atomic mass is 10.0. The lowest BCUT2D eigenvalue weighted by Gasteiger charge is -2.18. The van der Waals surface area contributed by atoms with Crippen molar-refractivity contribution in [2.45, 2.75) is 425 Å². The number of allylic oxidation sites excluding steroid dienone is 4. The zero-order valence-electron chi connectivity index (χ0n) is 55.1. The Morgan fingerprint density at radius 1 is 0.235 bits per heavy atom. The van der Waals surface area contributed by atoms with Crippen LogP contribution in [0.15, 0.2) is 24.3 Å². The normalized spacial score (nSPS) is 12.1. The molecule has 0 aliphatic rings. The highest BCUT2D eigenvalue weighted by atomic mass is 16.6. The van der Waals surface area contributed by atoms with Crippen LogP contribution in [0.4, 0.5) is 0 Å². The highest BCUT2D eigenvalue weighted by Gasteiger charge is 2.19. The predicted molar refractivity (Wildman–Crippen MR) is 353 cm³/mol. The molecule has 0 aliphatic carbocycles. The van der Waals surface area contributed by atoms with Crippen molar-refractivity contribution in [3.63, 3.8) is 0 Å². The molecule has 0 heterocycles. The lowest BCUT2D eigenvalue weighted by molar-refractivity contribution is -0.167. The minimum absolute atomic E-state index is 0.0705. The second-order valence-corrected chi connectivity index (χ2v) is 25.2. The third-order valence-electron chi connectivity index (χ3n) is 16.9. The third-order valence-corrected chi connectivity index (χ3v) is 16.9. The Morgan fingerprint density at radius 3 is 0.630 bits per heavy atom. The van der Waals surface area contributed by atoms with E-state index in [-0.39, 0.29) is 31.1 Å². The summed E-state index contributed by atoms with van der Waals surface area (Å²) < 4.78 is 17.0. The quantitative estimate of drug-likeness (QED) is 0.0261. The Morgan fingerprint density at radius 2 is 0.407 bits per heavy atom. The number of unbranched alkanes of at least 4 members (excludes halogenated alkanes) is 54. The van der Waals surface area contributed by atoms with Crippen molar-refractivity contribution in [3.8, 4) is 0 Å². The van der Waals surface area contributed by atoms with Gasteiger partial charge >= 0.3 is 17.9 Å². The topological polar surface area (TPSA) is 78.9 Å². The zero-order valence-corrected chi connectivity index (χ0v) is 55.1. The van der Waals surface area contributed by atoms with Crippen molar-refractivity contribution < 1.29 is 28.6 Å². The molecule has 0 amide bonds. The molecule has 0 aromatic rings. The SMILES string of the molecule is CCCCCC/C=C\CCCCCCCC(=O)OCC(COC(=O)CCCCCCCCCCCCCCCCCCCCCCCCCCCCCCCCCC)OC(=O)CCCCCCCCC/C=C\CCCCCCCCC. The van der Waals surface area contributed by atoms with Gasteiger partial charge in [0, 0.05) is 19.3 Å². The largest absolute Gasteiger partial charge is 0.462 e. The Kier molecular flexibility index (Phi) is 68.5. The smallest absolute Gasteiger partial charge is 0.306 e. The van der Waals surface area contributed by atoms with E-state index in [1.165, 1.54) is 315 Å². The van der Waals surface area contributed by atoms with Gasteiger partial charge in [0.05, 0.1) is 0 Å². The van der Waals surface area contributed by atoms with Gasteiger partial charge in [-0.3, -0.25) is 14.4 Å². The van der Waals surface area contributed by atoms with Gasteiger partial charge in [-0.1, -0.05) is 353 Å². The van der Waals surface area contributed by atoms with Crippen molar-refractivity contribution in [1.29, 1.82) is 0 Å². The van der Waals surface area contributed by atoms with E-state index in [1.807, 2.05) is 0 Å². The first-order valence-electron chi connectivity index (χ1n) is 36.8. The second kappa shape index (κ2) is 70.4. The minimum Gasteiger partial charge on any atom is -0.462 e. The highest BCUT2D eigenvalue weighted by molar-refractivity contribution is 5.71. The zero-order chi connectivity index (χ0) is 58.5. The van der Waals surface area contributed by atoms with Crippen LogP contribution >= 0.6 is 0 Å². The molecule has 0 rings (SSSR count). The van der Waals surface area contributed by atoms with Crippen molar-refractivity contribution in [2.75, 3.05) is 13.2 Å². The molecule has 0 N–H and O–H groups in total. The first-order chi connectivity index (χ1) is 40.0. The molecule has 0 aliphatic heterocycles. The van der Waals surface area contributed by atoms with Gasteiger partial charge in [0.2, 0.25) is 0 Å². The summed E-state index contributed by atoms with van der Waals surface area (Å²) in [6.45, 7) is 6.69. The maximum absolute atomic E-state index is 12.9. The summed E-state index contributed by atoms with van der Waals surface area (Å²) in [7, 11) is 0. The summed E-state index contributed by atoms with van der Waals surface area (Å²) >= 11 is 0. The molecular weight excluding hydrogens is 997 g/mol. The van der Waals surface area contributed by atoms with Crippen molar-refractivity contribution in [3.05, 3.63) is 24.3 Å².